The standard InChI is InChI=1S/C24H20F3N5O3/c25-15-2-1-3-16(26)21(15)22-17(27)10-18(29)23(32-22)24(34)31-19-11-30-7-5-14(19)20-9-12(33)8-13(35-20)4-6-28/h1-3,5,7,10-13,20,33H,4,8-9,29H2,(H,31,34)/t12?,13-,20?/m1/s1. The van der Waals surface area contributed by atoms with Gasteiger partial charge >= 0.3 is 0 Å². The van der Waals surface area contributed by atoms with Crippen molar-refractivity contribution in [2.24, 2.45) is 0 Å². The van der Waals surface area contributed by atoms with Crippen molar-refractivity contribution >= 4 is 17.3 Å². The summed E-state index contributed by atoms with van der Waals surface area (Å²) in [5.74, 6) is -4.08. The van der Waals surface area contributed by atoms with Crippen molar-refractivity contribution in [1.82, 2.24) is 9.97 Å². The van der Waals surface area contributed by atoms with Gasteiger partial charge in [-0.2, -0.15) is 5.26 Å². The number of nitrogens with zero attached hydrogens (tertiary/aromatic N) is 3. The number of rotatable bonds is 5. The van der Waals surface area contributed by atoms with Crippen LogP contribution in [0.4, 0.5) is 24.5 Å². The summed E-state index contributed by atoms with van der Waals surface area (Å²) < 4.78 is 48.9. The average Bonchev–Trinajstić information content (AvgIpc) is 2.80. The van der Waals surface area contributed by atoms with E-state index in [0.717, 1.165) is 24.3 Å². The maximum atomic E-state index is 14.5. The molecule has 11 heteroatoms. The number of nitriles is 1. The zero-order valence-electron chi connectivity index (χ0n) is 18.2. The summed E-state index contributed by atoms with van der Waals surface area (Å²) in [5, 5.41) is 21.8. The Kier molecular flexibility index (Phi) is 6.95. The summed E-state index contributed by atoms with van der Waals surface area (Å²) >= 11 is 0. The summed E-state index contributed by atoms with van der Waals surface area (Å²) in [6.07, 6.45) is 1.59. The Balaban J connectivity index is 1.66. The van der Waals surface area contributed by atoms with Gasteiger partial charge in [0.1, 0.15) is 17.3 Å². The van der Waals surface area contributed by atoms with Gasteiger partial charge in [-0.05, 0) is 18.2 Å². The quantitative estimate of drug-likeness (QED) is 0.501. The van der Waals surface area contributed by atoms with Crippen LogP contribution in [0, 0.1) is 28.8 Å². The van der Waals surface area contributed by atoms with E-state index in [1.807, 2.05) is 6.07 Å². The second-order valence-electron chi connectivity index (χ2n) is 8.00. The van der Waals surface area contributed by atoms with Crippen LogP contribution in [0.2, 0.25) is 0 Å². The molecule has 4 rings (SSSR count). The van der Waals surface area contributed by atoms with Crippen molar-refractivity contribution < 1.29 is 27.8 Å². The lowest BCUT2D eigenvalue weighted by molar-refractivity contribution is -0.0949. The van der Waals surface area contributed by atoms with E-state index in [1.54, 1.807) is 6.07 Å². The largest absolute Gasteiger partial charge is 0.397 e. The molecule has 0 saturated carbocycles. The molecule has 1 aliphatic rings. The molecule has 1 amide bonds. The van der Waals surface area contributed by atoms with Crippen LogP contribution in [-0.4, -0.2) is 33.2 Å². The summed E-state index contributed by atoms with van der Waals surface area (Å²) in [4.78, 5) is 20.9. The Hall–Kier alpha value is -4.01. The third-order valence-corrected chi connectivity index (χ3v) is 5.57. The van der Waals surface area contributed by atoms with Crippen molar-refractivity contribution in [3.8, 4) is 17.3 Å². The van der Waals surface area contributed by atoms with Crippen LogP contribution in [0.15, 0.2) is 42.7 Å². The first-order valence-electron chi connectivity index (χ1n) is 10.6. The highest BCUT2D eigenvalue weighted by molar-refractivity contribution is 6.06. The maximum absolute atomic E-state index is 14.5. The molecule has 3 atom stereocenters. The van der Waals surface area contributed by atoms with Gasteiger partial charge in [0.25, 0.3) is 5.91 Å². The predicted molar refractivity (Wildman–Crippen MR) is 119 cm³/mol. The third kappa shape index (κ3) is 5.08. The molecule has 1 fully saturated rings. The number of hydrogen-bond donors (Lipinski definition) is 3. The summed E-state index contributed by atoms with van der Waals surface area (Å²) in [6, 6.07) is 7.36. The van der Waals surface area contributed by atoms with E-state index in [9.17, 15) is 23.1 Å². The second kappa shape index (κ2) is 10.1. The topological polar surface area (TPSA) is 134 Å². The zero-order valence-corrected chi connectivity index (χ0v) is 18.2. The van der Waals surface area contributed by atoms with Gasteiger partial charge in [0.2, 0.25) is 0 Å². The first kappa shape index (κ1) is 24.1. The van der Waals surface area contributed by atoms with Crippen LogP contribution in [0.25, 0.3) is 11.3 Å². The zero-order chi connectivity index (χ0) is 25.1. The Morgan fingerprint density at radius 1 is 1.23 bits per heavy atom. The first-order chi connectivity index (χ1) is 16.8. The average molecular weight is 483 g/mol. The lowest BCUT2D eigenvalue weighted by Crippen LogP contribution is -2.31. The Morgan fingerprint density at radius 3 is 2.69 bits per heavy atom. The molecule has 0 spiro atoms. The number of carbonyl (C=O) groups excluding carboxylic acids is 1. The van der Waals surface area contributed by atoms with Gasteiger partial charge < -0.3 is 20.9 Å². The number of amides is 1. The molecule has 0 bridgehead atoms. The highest BCUT2D eigenvalue weighted by atomic mass is 19.1. The minimum Gasteiger partial charge on any atom is -0.397 e. The molecular formula is C24H20F3N5O3. The number of benzene rings is 1. The molecule has 0 radical (unpaired) electrons. The molecule has 4 N–H and O–H groups in total. The second-order valence-corrected chi connectivity index (χ2v) is 8.00. The predicted octanol–water partition coefficient (Wildman–Crippen LogP) is 3.89. The van der Waals surface area contributed by atoms with E-state index < -0.39 is 58.6 Å². The lowest BCUT2D eigenvalue weighted by Gasteiger charge is -2.33. The minimum atomic E-state index is -1.10. The van der Waals surface area contributed by atoms with Gasteiger partial charge in [-0.15, -0.1) is 0 Å². The van der Waals surface area contributed by atoms with Crippen molar-refractivity contribution in [2.75, 3.05) is 11.1 Å². The molecule has 180 valence electrons. The fourth-order valence-corrected chi connectivity index (χ4v) is 3.98. The summed E-state index contributed by atoms with van der Waals surface area (Å²) in [6.45, 7) is 0. The highest BCUT2D eigenvalue weighted by Crippen LogP contribution is 2.36. The van der Waals surface area contributed by atoms with Crippen molar-refractivity contribution in [2.45, 2.75) is 37.6 Å². The summed E-state index contributed by atoms with van der Waals surface area (Å²) in [7, 11) is 0. The smallest absolute Gasteiger partial charge is 0.276 e. The van der Waals surface area contributed by atoms with Crippen LogP contribution in [0.3, 0.4) is 0 Å². The molecule has 3 aromatic rings. The Bertz CT molecular complexity index is 1290. The maximum Gasteiger partial charge on any atom is 0.276 e. The van der Waals surface area contributed by atoms with Crippen molar-refractivity contribution in [3.05, 3.63) is 71.4 Å². The van der Waals surface area contributed by atoms with E-state index in [0.29, 0.717) is 12.0 Å². The molecule has 3 heterocycles. The van der Waals surface area contributed by atoms with Gasteiger partial charge in [0.05, 0.1) is 53.9 Å². The number of aliphatic hydroxyl groups is 1. The summed E-state index contributed by atoms with van der Waals surface area (Å²) in [5.41, 5.74) is 4.25. The number of nitrogens with two attached hydrogens (primary N) is 1. The molecule has 0 aliphatic carbocycles. The number of halogens is 3. The van der Waals surface area contributed by atoms with Gasteiger partial charge in [0, 0.05) is 30.7 Å². The first-order valence-corrected chi connectivity index (χ1v) is 10.6. The Morgan fingerprint density at radius 2 is 1.97 bits per heavy atom. The molecule has 2 unspecified atom stereocenters. The van der Waals surface area contributed by atoms with Crippen LogP contribution < -0.4 is 11.1 Å². The molecule has 2 aromatic heterocycles. The number of hydrogen-bond acceptors (Lipinski definition) is 7. The third-order valence-electron chi connectivity index (χ3n) is 5.57. The molecule has 35 heavy (non-hydrogen) atoms. The Labute approximate surface area is 198 Å². The minimum absolute atomic E-state index is 0.0890. The number of anilines is 2. The number of aromatic nitrogens is 2. The fourth-order valence-electron chi connectivity index (χ4n) is 3.98. The van der Waals surface area contributed by atoms with Crippen LogP contribution in [0.5, 0.6) is 0 Å². The lowest BCUT2D eigenvalue weighted by atomic mass is 9.94. The number of ether oxygens (including phenoxy) is 1. The molecule has 1 aromatic carbocycles. The number of pyridine rings is 2. The highest BCUT2D eigenvalue weighted by Gasteiger charge is 2.31. The number of aliphatic hydroxyl groups excluding tert-OH is 1. The van der Waals surface area contributed by atoms with Crippen LogP contribution in [-0.2, 0) is 4.74 Å². The van der Waals surface area contributed by atoms with Crippen molar-refractivity contribution in [3.63, 3.8) is 0 Å². The van der Waals surface area contributed by atoms with E-state index in [1.165, 1.54) is 12.4 Å². The molecule has 1 aliphatic heterocycles. The number of nitrogens with one attached hydrogen (secondary N) is 1. The van der Waals surface area contributed by atoms with E-state index in [-0.39, 0.29) is 24.2 Å². The van der Waals surface area contributed by atoms with Crippen molar-refractivity contribution in [1.29, 1.82) is 5.26 Å². The SMILES string of the molecule is N#CC[C@@H]1CC(O)CC(c2ccncc2NC(=O)c2nc(-c3c(F)cccc3F)c(F)cc2N)O1. The fraction of sp³-hybridized carbons (Fsp3) is 0.250. The molecular weight excluding hydrogens is 463 g/mol. The monoisotopic (exact) mass is 483 g/mol. The van der Waals surface area contributed by atoms with Gasteiger partial charge in [-0.1, -0.05) is 6.07 Å². The van der Waals surface area contributed by atoms with Gasteiger partial charge in [-0.25, -0.2) is 18.2 Å². The molecule has 1 saturated heterocycles. The van der Waals surface area contributed by atoms with Crippen LogP contribution in [0.1, 0.15) is 41.4 Å². The van der Waals surface area contributed by atoms with E-state index in [4.69, 9.17) is 15.7 Å². The number of nitrogen functional groups attached to an aromatic ring is 1. The van der Waals surface area contributed by atoms with Gasteiger partial charge in [-0.3, -0.25) is 9.78 Å². The number of carbonyl (C=O) groups is 1. The molecule has 8 nitrogen and oxygen atoms in total. The van der Waals surface area contributed by atoms with Gasteiger partial charge in [0.15, 0.2) is 11.5 Å². The van der Waals surface area contributed by atoms with E-state index in [2.05, 4.69) is 15.3 Å². The normalized spacial score (nSPS) is 19.7. The van der Waals surface area contributed by atoms with E-state index >= 15 is 0 Å². The van der Waals surface area contributed by atoms with Crippen LogP contribution >= 0.6 is 0 Å².